The van der Waals surface area contributed by atoms with Gasteiger partial charge in [0.25, 0.3) is 5.91 Å². The third-order valence-electron chi connectivity index (χ3n) is 2.35. The van der Waals surface area contributed by atoms with E-state index in [-0.39, 0.29) is 19.0 Å². The van der Waals surface area contributed by atoms with Crippen molar-refractivity contribution in [2.75, 3.05) is 13.1 Å². The van der Waals surface area contributed by atoms with E-state index in [4.69, 9.17) is 0 Å². The first-order chi connectivity index (χ1) is 8.06. The van der Waals surface area contributed by atoms with Gasteiger partial charge in [0.2, 0.25) is 11.8 Å². The topological polar surface area (TPSA) is 66.5 Å². The molecule has 3 amide bonds. The Balaban J connectivity index is 2.17. The van der Waals surface area contributed by atoms with Crippen LogP contribution < -0.4 is 5.32 Å². The maximum Gasteiger partial charge on any atom is 0.254 e. The highest BCUT2D eigenvalue weighted by atomic mass is 32.1. The maximum absolute atomic E-state index is 12.0. The molecule has 1 aliphatic rings. The van der Waals surface area contributed by atoms with E-state index in [0.29, 0.717) is 5.56 Å². The van der Waals surface area contributed by atoms with Crippen LogP contribution in [0.2, 0.25) is 0 Å². The quantitative estimate of drug-likeness (QED) is 0.547. The number of imide groups is 1. The Kier molecular flexibility index (Phi) is 3.14. The second-order valence-corrected chi connectivity index (χ2v) is 4.20. The Morgan fingerprint density at radius 3 is 2.18 bits per heavy atom. The SMILES string of the molecule is O=C1CN(C(=O)c2ccc(S)cc2)CC(=O)N1. The van der Waals surface area contributed by atoms with Gasteiger partial charge in [-0.05, 0) is 24.3 Å². The molecule has 1 aromatic rings. The van der Waals surface area contributed by atoms with Gasteiger partial charge in [-0.1, -0.05) is 0 Å². The van der Waals surface area contributed by atoms with Gasteiger partial charge in [0.15, 0.2) is 0 Å². The maximum atomic E-state index is 12.0. The fraction of sp³-hybridized carbons (Fsp3) is 0.182. The summed E-state index contributed by atoms with van der Waals surface area (Å²) < 4.78 is 0. The van der Waals surface area contributed by atoms with Crippen LogP contribution in [-0.4, -0.2) is 35.7 Å². The van der Waals surface area contributed by atoms with Crippen molar-refractivity contribution in [3.63, 3.8) is 0 Å². The lowest BCUT2D eigenvalue weighted by Crippen LogP contribution is -2.53. The van der Waals surface area contributed by atoms with E-state index in [0.717, 1.165) is 4.90 Å². The highest BCUT2D eigenvalue weighted by Crippen LogP contribution is 2.11. The first-order valence-electron chi connectivity index (χ1n) is 4.97. The van der Waals surface area contributed by atoms with Crippen LogP contribution in [0.5, 0.6) is 0 Å². The normalized spacial score (nSPS) is 15.7. The van der Waals surface area contributed by atoms with Crippen LogP contribution in [0.15, 0.2) is 29.2 Å². The number of hydrogen-bond acceptors (Lipinski definition) is 4. The summed E-state index contributed by atoms with van der Waals surface area (Å²) in [5.74, 6) is -1.25. The Labute approximate surface area is 103 Å². The molecule has 0 unspecified atom stereocenters. The van der Waals surface area contributed by atoms with Crippen molar-refractivity contribution in [3.05, 3.63) is 29.8 Å². The minimum absolute atomic E-state index is 0.0901. The fourth-order valence-corrected chi connectivity index (χ4v) is 1.72. The van der Waals surface area contributed by atoms with Gasteiger partial charge in [0, 0.05) is 10.5 Å². The number of thiol groups is 1. The molecule has 6 heteroatoms. The number of piperazine rings is 1. The first kappa shape index (κ1) is 11.7. The van der Waals surface area contributed by atoms with Gasteiger partial charge in [0.1, 0.15) is 13.1 Å². The summed E-state index contributed by atoms with van der Waals surface area (Å²) in [5, 5.41) is 2.14. The number of carbonyl (C=O) groups excluding carboxylic acids is 3. The first-order valence-corrected chi connectivity index (χ1v) is 5.42. The molecule has 2 rings (SSSR count). The molecule has 88 valence electrons. The average Bonchev–Trinajstić information content (AvgIpc) is 2.28. The molecule has 1 heterocycles. The van der Waals surface area contributed by atoms with Crippen LogP contribution in [0, 0.1) is 0 Å². The van der Waals surface area contributed by atoms with Crippen molar-refractivity contribution < 1.29 is 14.4 Å². The van der Waals surface area contributed by atoms with Crippen LogP contribution in [-0.2, 0) is 9.59 Å². The molecule has 17 heavy (non-hydrogen) atoms. The molecule has 0 saturated carbocycles. The molecule has 0 atom stereocenters. The predicted molar refractivity (Wildman–Crippen MR) is 62.7 cm³/mol. The zero-order chi connectivity index (χ0) is 12.4. The van der Waals surface area contributed by atoms with E-state index in [1.165, 1.54) is 4.90 Å². The Morgan fingerprint density at radius 2 is 1.65 bits per heavy atom. The summed E-state index contributed by atoms with van der Waals surface area (Å²) in [7, 11) is 0. The second-order valence-electron chi connectivity index (χ2n) is 3.68. The van der Waals surface area contributed by atoms with Gasteiger partial charge in [-0.3, -0.25) is 19.7 Å². The van der Waals surface area contributed by atoms with Crippen LogP contribution in [0.25, 0.3) is 0 Å². The van der Waals surface area contributed by atoms with Gasteiger partial charge < -0.3 is 4.90 Å². The fourth-order valence-electron chi connectivity index (χ4n) is 1.57. The smallest absolute Gasteiger partial charge is 0.254 e. The molecule has 0 aliphatic carbocycles. The molecule has 5 nitrogen and oxygen atoms in total. The minimum atomic E-state index is -0.458. The third kappa shape index (κ3) is 2.65. The van der Waals surface area contributed by atoms with Gasteiger partial charge in [-0.15, -0.1) is 12.6 Å². The number of nitrogens with one attached hydrogen (secondary N) is 1. The number of carbonyl (C=O) groups is 3. The van der Waals surface area contributed by atoms with Crippen molar-refractivity contribution in [3.8, 4) is 0 Å². The van der Waals surface area contributed by atoms with E-state index in [9.17, 15) is 14.4 Å². The van der Waals surface area contributed by atoms with E-state index in [2.05, 4.69) is 17.9 Å². The lowest BCUT2D eigenvalue weighted by Gasteiger charge is -2.25. The van der Waals surface area contributed by atoms with Gasteiger partial charge in [0.05, 0.1) is 0 Å². The summed E-state index contributed by atoms with van der Waals surface area (Å²) in [4.78, 5) is 36.2. The number of benzene rings is 1. The lowest BCUT2D eigenvalue weighted by molar-refractivity contribution is -0.135. The monoisotopic (exact) mass is 250 g/mol. The van der Waals surface area contributed by atoms with Crippen LogP contribution >= 0.6 is 12.6 Å². The molecular weight excluding hydrogens is 240 g/mol. The number of amides is 3. The zero-order valence-corrected chi connectivity index (χ0v) is 9.74. The number of nitrogens with zero attached hydrogens (tertiary/aromatic N) is 1. The van der Waals surface area contributed by atoms with Crippen molar-refractivity contribution >= 4 is 30.4 Å². The molecule has 1 aliphatic heterocycles. The standard InChI is InChI=1S/C11H10N2O3S/c14-9-5-13(6-10(15)12-9)11(16)7-1-3-8(17)4-2-7/h1-4,17H,5-6H2,(H,12,14,15). The van der Waals surface area contributed by atoms with Crippen LogP contribution in [0.1, 0.15) is 10.4 Å². The van der Waals surface area contributed by atoms with Crippen LogP contribution in [0.4, 0.5) is 0 Å². The molecule has 1 fully saturated rings. The zero-order valence-electron chi connectivity index (χ0n) is 8.84. The Morgan fingerprint density at radius 1 is 1.12 bits per heavy atom. The molecule has 0 bridgehead atoms. The molecule has 0 spiro atoms. The highest BCUT2D eigenvalue weighted by Gasteiger charge is 2.26. The van der Waals surface area contributed by atoms with Gasteiger partial charge in [-0.2, -0.15) is 0 Å². The lowest BCUT2D eigenvalue weighted by atomic mass is 10.2. The summed E-state index contributed by atoms with van der Waals surface area (Å²) in [6.07, 6.45) is 0. The Bertz CT molecular complexity index is 468. The average molecular weight is 250 g/mol. The van der Waals surface area contributed by atoms with Crippen molar-refractivity contribution in [2.45, 2.75) is 4.90 Å². The summed E-state index contributed by atoms with van der Waals surface area (Å²) in [5.41, 5.74) is 0.435. The van der Waals surface area contributed by atoms with Crippen molar-refractivity contribution in [1.82, 2.24) is 10.2 Å². The number of hydrogen-bond donors (Lipinski definition) is 2. The Hall–Kier alpha value is -1.82. The minimum Gasteiger partial charge on any atom is -0.320 e. The molecule has 0 aromatic heterocycles. The van der Waals surface area contributed by atoms with Crippen molar-refractivity contribution in [2.24, 2.45) is 0 Å². The van der Waals surface area contributed by atoms with Gasteiger partial charge >= 0.3 is 0 Å². The van der Waals surface area contributed by atoms with E-state index in [1.807, 2.05) is 0 Å². The second kappa shape index (κ2) is 4.58. The van der Waals surface area contributed by atoms with Crippen molar-refractivity contribution in [1.29, 1.82) is 0 Å². The third-order valence-corrected chi connectivity index (χ3v) is 2.65. The predicted octanol–water partition coefficient (Wildman–Crippen LogP) is 0.0739. The summed E-state index contributed by atoms with van der Waals surface area (Å²) in [6, 6.07) is 6.59. The van der Waals surface area contributed by atoms with E-state index >= 15 is 0 Å². The largest absolute Gasteiger partial charge is 0.320 e. The van der Waals surface area contributed by atoms with Crippen LogP contribution in [0.3, 0.4) is 0 Å². The summed E-state index contributed by atoms with van der Waals surface area (Å²) >= 11 is 4.11. The molecule has 1 saturated heterocycles. The highest BCUT2D eigenvalue weighted by molar-refractivity contribution is 7.80. The van der Waals surface area contributed by atoms with E-state index in [1.54, 1.807) is 24.3 Å². The molecule has 0 radical (unpaired) electrons. The van der Waals surface area contributed by atoms with Gasteiger partial charge in [-0.25, -0.2) is 0 Å². The molecule has 1 aromatic carbocycles. The van der Waals surface area contributed by atoms with E-state index < -0.39 is 11.8 Å². The summed E-state index contributed by atoms with van der Waals surface area (Å²) in [6.45, 7) is -0.180. The molecular formula is C11H10N2O3S. The molecule has 1 N–H and O–H groups in total. The number of rotatable bonds is 1.